The molecule has 0 radical (unpaired) electrons. The number of halogens is 1. The van der Waals surface area contributed by atoms with Crippen molar-refractivity contribution < 1.29 is 9.18 Å². The van der Waals surface area contributed by atoms with Crippen LogP contribution in [0.2, 0.25) is 0 Å². The summed E-state index contributed by atoms with van der Waals surface area (Å²) in [5.41, 5.74) is 6.96. The standard InChI is InChI=1S/C13H18FNO/c1-8(2)6-12(15)13(16)11-7-10(14)5-4-9(11)3/h4-5,7-8,12H,6,15H2,1-3H3. The molecule has 1 atom stereocenters. The maximum absolute atomic E-state index is 13.0. The molecule has 16 heavy (non-hydrogen) atoms. The van der Waals surface area contributed by atoms with Crippen LogP contribution in [0.5, 0.6) is 0 Å². The highest BCUT2D eigenvalue weighted by atomic mass is 19.1. The number of ketones is 1. The molecule has 0 bridgehead atoms. The summed E-state index contributed by atoms with van der Waals surface area (Å²) in [5, 5.41) is 0. The Morgan fingerprint density at radius 1 is 1.44 bits per heavy atom. The molecule has 1 unspecified atom stereocenters. The Bertz CT molecular complexity index is 388. The van der Waals surface area contributed by atoms with E-state index in [4.69, 9.17) is 5.73 Å². The summed E-state index contributed by atoms with van der Waals surface area (Å²) in [5.74, 6) is -0.218. The number of rotatable bonds is 4. The lowest BCUT2D eigenvalue weighted by molar-refractivity contribution is 0.0950. The smallest absolute Gasteiger partial charge is 0.179 e. The molecule has 1 aromatic rings. The van der Waals surface area contributed by atoms with E-state index in [9.17, 15) is 9.18 Å². The fourth-order valence-electron chi connectivity index (χ4n) is 1.67. The van der Waals surface area contributed by atoms with Gasteiger partial charge in [-0.1, -0.05) is 19.9 Å². The Hall–Kier alpha value is -1.22. The molecule has 0 aliphatic heterocycles. The molecule has 0 saturated carbocycles. The molecule has 0 aliphatic carbocycles. The minimum Gasteiger partial charge on any atom is -0.321 e. The number of aryl methyl sites for hydroxylation is 1. The molecule has 2 N–H and O–H groups in total. The zero-order chi connectivity index (χ0) is 12.3. The molecule has 2 nitrogen and oxygen atoms in total. The average molecular weight is 223 g/mol. The Kier molecular flexibility index (Phi) is 4.19. The summed E-state index contributed by atoms with van der Waals surface area (Å²) in [6.45, 7) is 5.80. The summed E-state index contributed by atoms with van der Waals surface area (Å²) in [4.78, 5) is 12.0. The molecule has 88 valence electrons. The first-order chi connectivity index (χ1) is 7.41. The van der Waals surface area contributed by atoms with Crippen molar-refractivity contribution in [3.8, 4) is 0 Å². The van der Waals surface area contributed by atoms with E-state index in [1.165, 1.54) is 12.1 Å². The second-order valence-electron chi connectivity index (χ2n) is 4.56. The SMILES string of the molecule is Cc1ccc(F)cc1C(=O)C(N)CC(C)C. The van der Waals surface area contributed by atoms with Gasteiger partial charge in [0.15, 0.2) is 5.78 Å². The predicted octanol–water partition coefficient (Wildman–Crippen LogP) is 2.69. The Labute approximate surface area is 95.7 Å². The lowest BCUT2D eigenvalue weighted by atomic mass is 9.94. The monoisotopic (exact) mass is 223 g/mol. The van der Waals surface area contributed by atoms with Gasteiger partial charge in [0.1, 0.15) is 5.82 Å². The number of carbonyl (C=O) groups excluding carboxylic acids is 1. The van der Waals surface area contributed by atoms with Gasteiger partial charge < -0.3 is 5.73 Å². The highest BCUT2D eigenvalue weighted by Gasteiger charge is 2.18. The van der Waals surface area contributed by atoms with Crippen LogP contribution in [0.1, 0.15) is 36.2 Å². The summed E-state index contributed by atoms with van der Waals surface area (Å²) in [7, 11) is 0. The third kappa shape index (κ3) is 3.14. The first-order valence-corrected chi connectivity index (χ1v) is 5.47. The van der Waals surface area contributed by atoms with E-state index in [1.54, 1.807) is 13.0 Å². The lowest BCUT2D eigenvalue weighted by Gasteiger charge is -2.14. The van der Waals surface area contributed by atoms with Crippen molar-refractivity contribution in [3.05, 3.63) is 35.1 Å². The molecular formula is C13H18FNO. The van der Waals surface area contributed by atoms with Crippen molar-refractivity contribution in [1.29, 1.82) is 0 Å². The maximum Gasteiger partial charge on any atom is 0.179 e. The molecule has 0 saturated heterocycles. The van der Waals surface area contributed by atoms with Crippen LogP contribution in [0.15, 0.2) is 18.2 Å². The highest BCUT2D eigenvalue weighted by molar-refractivity contribution is 6.01. The molecule has 0 heterocycles. The first-order valence-electron chi connectivity index (χ1n) is 5.47. The zero-order valence-corrected chi connectivity index (χ0v) is 9.96. The van der Waals surface area contributed by atoms with Crippen LogP contribution >= 0.6 is 0 Å². The highest BCUT2D eigenvalue weighted by Crippen LogP contribution is 2.15. The second kappa shape index (κ2) is 5.21. The normalized spacial score (nSPS) is 12.9. The summed E-state index contributed by atoms with van der Waals surface area (Å²) >= 11 is 0. The number of hydrogen-bond acceptors (Lipinski definition) is 2. The number of Topliss-reactive ketones (excluding diaryl/α,β-unsaturated/α-hetero) is 1. The molecule has 1 rings (SSSR count). The number of nitrogens with two attached hydrogens (primary N) is 1. The van der Waals surface area contributed by atoms with Crippen LogP contribution in [0, 0.1) is 18.7 Å². The van der Waals surface area contributed by atoms with Crippen LogP contribution in [-0.2, 0) is 0 Å². The Balaban J connectivity index is 2.91. The van der Waals surface area contributed by atoms with Gasteiger partial charge in [0, 0.05) is 5.56 Å². The molecule has 1 aromatic carbocycles. The quantitative estimate of drug-likeness (QED) is 0.797. The van der Waals surface area contributed by atoms with Gasteiger partial charge in [0.05, 0.1) is 6.04 Å². The predicted molar refractivity (Wildman–Crippen MR) is 62.9 cm³/mol. The average Bonchev–Trinajstić information content (AvgIpc) is 2.19. The number of benzene rings is 1. The van der Waals surface area contributed by atoms with Crippen molar-refractivity contribution in [3.63, 3.8) is 0 Å². The second-order valence-corrected chi connectivity index (χ2v) is 4.56. The van der Waals surface area contributed by atoms with Crippen LogP contribution < -0.4 is 5.73 Å². The van der Waals surface area contributed by atoms with Gasteiger partial charge in [-0.25, -0.2) is 4.39 Å². The van der Waals surface area contributed by atoms with E-state index >= 15 is 0 Å². The summed E-state index contributed by atoms with van der Waals surface area (Å²) < 4.78 is 13.0. The van der Waals surface area contributed by atoms with Crippen LogP contribution in [-0.4, -0.2) is 11.8 Å². The van der Waals surface area contributed by atoms with Crippen LogP contribution in [0.4, 0.5) is 4.39 Å². The fraction of sp³-hybridized carbons (Fsp3) is 0.462. The fourth-order valence-corrected chi connectivity index (χ4v) is 1.67. The number of carbonyl (C=O) groups is 1. The van der Waals surface area contributed by atoms with Crippen molar-refractivity contribution in [2.45, 2.75) is 33.2 Å². The van der Waals surface area contributed by atoms with Gasteiger partial charge in [0.25, 0.3) is 0 Å². The Morgan fingerprint density at radius 3 is 2.62 bits per heavy atom. The third-order valence-electron chi connectivity index (χ3n) is 2.53. The first kappa shape index (κ1) is 12.8. The minimum atomic E-state index is -0.541. The third-order valence-corrected chi connectivity index (χ3v) is 2.53. The summed E-state index contributed by atoms with van der Waals surface area (Å²) in [6, 6.07) is 3.67. The van der Waals surface area contributed by atoms with E-state index in [1.807, 2.05) is 13.8 Å². The van der Waals surface area contributed by atoms with E-state index in [2.05, 4.69) is 0 Å². The topological polar surface area (TPSA) is 43.1 Å². The minimum absolute atomic E-state index is 0.175. The molecule has 0 aromatic heterocycles. The van der Waals surface area contributed by atoms with E-state index in [0.717, 1.165) is 5.56 Å². The molecular weight excluding hydrogens is 205 g/mol. The lowest BCUT2D eigenvalue weighted by Crippen LogP contribution is -2.32. The van der Waals surface area contributed by atoms with E-state index in [0.29, 0.717) is 17.9 Å². The van der Waals surface area contributed by atoms with Crippen LogP contribution in [0.3, 0.4) is 0 Å². The van der Waals surface area contributed by atoms with E-state index < -0.39 is 11.9 Å². The van der Waals surface area contributed by atoms with Gasteiger partial charge in [-0.05, 0) is 37.0 Å². The molecule has 3 heteroatoms. The van der Waals surface area contributed by atoms with Crippen molar-refractivity contribution in [2.24, 2.45) is 11.7 Å². The number of hydrogen-bond donors (Lipinski definition) is 1. The molecule has 0 amide bonds. The maximum atomic E-state index is 13.0. The zero-order valence-electron chi connectivity index (χ0n) is 9.96. The van der Waals surface area contributed by atoms with Crippen molar-refractivity contribution >= 4 is 5.78 Å². The Morgan fingerprint density at radius 2 is 2.06 bits per heavy atom. The molecule has 0 spiro atoms. The van der Waals surface area contributed by atoms with Crippen molar-refractivity contribution in [2.75, 3.05) is 0 Å². The van der Waals surface area contributed by atoms with Crippen molar-refractivity contribution in [1.82, 2.24) is 0 Å². The molecule has 0 fully saturated rings. The van der Waals surface area contributed by atoms with Crippen LogP contribution in [0.25, 0.3) is 0 Å². The van der Waals surface area contributed by atoms with Gasteiger partial charge in [0.2, 0.25) is 0 Å². The van der Waals surface area contributed by atoms with Gasteiger partial charge in [-0.2, -0.15) is 0 Å². The largest absolute Gasteiger partial charge is 0.321 e. The van der Waals surface area contributed by atoms with E-state index in [-0.39, 0.29) is 5.78 Å². The van der Waals surface area contributed by atoms with Gasteiger partial charge >= 0.3 is 0 Å². The summed E-state index contributed by atoms with van der Waals surface area (Å²) in [6.07, 6.45) is 0.620. The van der Waals surface area contributed by atoms with Gasteiger partial charge in [-0.3, -0.25) is 4.79 Å². The van der Waals surface area contributed by atoms with Gasteiger partial charge in [-0.15, -0.1) is 0 Å². The molecule has 0 aliphatic rings.